The normalized spacial score (nSPS) is 10.6. The van der Waals surface area contributed by atoms with Crippen LogP contribution in [0.3, 0.4) is 0 Å². The Bertz CT molecular complexity index is 775. The van der Waals surface area contributed by atoms with Crippen LogP contribution in [0.4, 0.5) is 0 Å². The molecule has 0 atom stereocenters. The van der Waals surface area contributed by atoms with Crippen LogP contribution in [0.15, 0.2) is 40.9 Å². The fourth-order valence-electron chi connectivity index (χ4n) is 2.30. The van der Waals surface area contributed by atoms with Crippen LogP contribution in [0.5, 0.6) is 0 Å². The van der Waals surface area contributed by atoms with Gasteiger partial charge in [-0.3, -0.25) is 14.6 Å². The Kier molecular flexibility index (Phi) is 6.70. The lowest BCUT2D eigenvalue weighted by Crippen LogP contribution is -2.28. The molecule has 0 radical (unpaired) electrons. The Morgan fingerprint density at radius 1 is 1.24 bits per heavy atom. The van der Waals surface area contributed by atoms with E-state index in [1.165, 1.54) is 0 Å². The molecule has 5 nitrogen and oxygen atoms in total. The molecule has 1 N–H and O–H groups in total. The second-order valence-corrected chi connectivity index (χ2v) is 6.80. The number of amides is 1. The van der Waals surface area contributed by atoms with Crippen LogP contribution in [0.2, 0.25) is 0 Å². The van der Waals surface area contributed by atoms with Crippen LogP contribution in [-0.4, -0.2) is 29.5 Å². The van der Waals surface area contributed by atoms with Crippen molar-refractivity contribution < 1.29 is 14.3 Å². The van der Waals surface area contributed by atoms with Crippen LogP contribution in [0.1, 0.15) is 36.3 Å². The molecule has 132 valence electrons. The molecule has 1 aromatic heterocycles. The van der Waals surface area contributed by atoms with Crippen LogP contribution in [0, 0.1) is 6.92 Å². The first-order valence-electron chi connectivity index (χ1n) is 8.08. The van der Waals surface area contributed by atoms with Crippen molar-refractivity contribution in [2.75, 3.05) is 6.54 Å². The highest BCUT2D eigenvalue weighted by molar-refractivity contribution is 9.10. The summed E-state index contributed by atoms with van der Waals surface area (Å²) in [5.41, 5.74) is 2.91. The van der Waals surface area contributed by atoms with Gasteiger partial charge in [0, 0.05) is 16.6 Å². The minimum atomic E-state index is -0.324. The van der Waals surface area contributed by atoms with Gasteiger partial charge >= 0.3 is 5.97 Å². The molecule has 0 saturated heterocycles. The molecular weight excluding hydrogens is 384 g/mol. The number of hydrogen-bond donors (Lipinski definition) is 1. The summed E-state index contributed by atoms with van der Waals surface area (Å²) in [6.45, 7) is 5.61. The van der Waals surface area contributed by atoms with E-state index in [1.807, 2.05) is 30.3 Å². The number of nitrogens with zero attached hydrogens (tertiary/aromatic N) is 1. The Morgan fingerprint density at radius 2 is 2.00 bits per heavy atom. The minimum absolute atomic E-state index is 0.145. The van der Waals surface area contributed by atoms with Gasteiger partial charge in [0.15, 0.2) is 0 Å². The number of aromatic nitrogens is 1. The summed E-state index contributed by atoms with van der Waals surface area (Å²) in [6.07, 6.45) is -0.00722. The first kappa shape index (κ1) is 19.1. The molecule has 0 fully saturated rings. The third-order valence-electron chi connectivity index (χ3n) is 3.43. The highest BCUT2D eigenvalue weighted by Gasteiger charge is 2.12. The maximum atomic E-state index is 12.3. The predicted octanol–water partition coefficient (Wildman–Crippen LogP) is 3.89. The van der Waals surface area contributed by atoms with Crippen molar-refractivity contribution in [3.05, 3.63) is 52.1 Å². The van der Waals surface area contributed by atoms with E-state index in [9.17, 15) is 9.59 Å². The standard InChI is InChI=1S/C19H21BrN2O3/c1-12(2)25-18(23)9-10-21-19(24)16-7-8-17(22-13(16)3)14-5-4-6-15(20)11-14/h4-8,11-12H,9-10H2,1-3H3,(H,21,24). The van der Waals surface area contributed by atoms with Gasteiger partial charge in [-0.1, -0.05) is 28.1 Å². The Morgan fingerprint density at radius 3 is 2.64 bits per heavy atom. The third-order valence-corrected chi connectivity index (χ3v) is 3.93. The average Bonchev–Trinajstić information content (AvgIpc) is 2.53. The Balaban J connectivity index is 2.00. The first-order chi connectivity index (χ1) is 11.9. The zero-order chi connectivity index (χ0) is 18.4. The molecule has 0 aliphatic carbocycles. The van der Waals surface area contributed by atoms with Gasteiger partial charge in [-0.2, -0.15) is 0 Å². The molecule has 0 saturated carbocycles. The zero-order valence-corrected chi connectivity index (χ0v) is 16.1. The van der Waals surface area contributed by atoms with Crippen molar-refractivity contribution in [1.82, 2.24) is 10.3 Å². The lowest BCUT2D eigenvalue weighted by Gasteiger charge is -2.10. The van der Waals surface area contributed by atoms with E-state index in [2.05, 4.69) is 26.2 Å². The van der Waals surface area contributed by atoms with E-state index < -0.39 is 0 Å². The number of carbonyl (C=O) groups excluding carboxylic acids is 2. The molecule has 0 aliphatic heterocycles. The summed E-state index contributed by atoms with van der Waals surface area (Å²) in [7, 11) is 0. The van der Waals surface area contributed by atoms with Gasteiger partial charge in [-0.25, -0.2) is 0 Å². The fourth-order valence-corrected chi connectivity index (χ4v) is 2.70. The molecule has 2 rings (SSSR count). The van der Waals surface area contributed by atoms with Crippen LogP contribution < -0.4 is 5.32 Å². The van der Waals surface area contributed by atoms with Gasteiger partial charge in [0.05, 0.1) is 29.5 Å². The maximum Gasteiger partial charge on any atom is 0.307 e. The molecule has 0 unspecified atom stereocenters. The molecule has 2 aromatic rings. The summed E-state index contributed by atoms with van der Waals surface area (Å²) >= 11 is 3.44. The second-order valence-electron chi connectivity index (χ2n) is 5.88. The van der Waals surface area contributed by atoms with E-state index in [0.29, 0.717) is 11.3 Å². The quantitative estimate of drug-likeness (QED) is 0.741. The van der Waals surface area contributed by atoms with Gasteiger partial charge in [-0.15, -0.1) is 0 Å². The molecule has 1 aromatic carbocycles. The molecule has 0 aliphatic rings. The number of halogens is 1. The largest absolute Gasteiger partial charge is 0.463 e. The molecule has 1 amide bonds. The molecule has 25 heavy (non-hydrogen) atoms. The number of esters is 1. The summed E-state index contributed by atoms with van der Waals surface area (Å²) in [6, 6.07) is 11.4. The van der Waals surface area contributed by atoms with E-state index in [4.69, 9.17) is 4.74 Å². The van der Waals surface area contributed by atoms with Crippen molar-refractivity contribution in [2.45, 2.75) is 33.3 Å². The van der Waals surface area contributed by atoms with Crippen LogP contribution in [0.25, 0.3) is 11.3 Å². The van der Waals surface area contributed by atoms with E-state index >= 15 is 0 Å². The SMILES string of the molecule is Cc1nc(-c2cccc(Br)c2)ccc1C(=O)NCCC(=O)OC(C)C. The van der Waals surface area contributed by atoms with Gasteiger partial charge in [-0.05, 0) is 45.0 Å². The number of rotatable bonds is 6. The van der Waals surface area contributed by atoms with Crippen molar-refractivity contribution in [3.8, 4) is 11.3 Å². The third kappa shape index (κ3) is 5.67. The predicted molar refractivity (Wildman–Crippen MR) is 100 cm³/mol. The number of nitrogens with one attached hydrogen (secondary N) is 1. The summed E-state index contributed by atoms with van der Waals surface area (Å²) in [5, 5.41) is 2.73. The van der Waals surface area contributed by atoms with Crippen LogP contribution >= 0.6 is 15.9 Å². The summed E-state index contributed by atoms with van der Waals surface area (Å²) in [4.78, 5) is 28.3. The highest BCUT2D eigenvalue weighted by Crippen LogP contribution is 2.22. The topological polar surface area (TPSA) is 68.3 Å². The van der Waals surface area contributed by atoms with Crippen molar-refractivity contribution in [1.29, 1.82) is 0 Å². The monoisotopic (exact) mass is 404 g/mol. The second kappa shape index (κ2) is 8.76. The average molecular weight is 405 g/mol. The molecular formula is C19H21BrN2O3. The number of ether oxygens (including phenoxy) is 1. The van der Waals surface area contributed by atoms with Gasteiger partial charge < -0.3 is 10.1 Å². The van der Waals surface area contributed by atoms with Crippen molar-refractivity contribution in [2.24, 2.45) is 0 Å². The van der Waals surface area contributed by atoms with Crippen molar-refractivity contribution in [3.63, 3.8) is 0 Å². The Hall–Kier alpha value is -2.21. The summed E-state index contributed by atoms with van der Waals surface area (Å²) in [5.74, 6) is -0.571. The maximum absolute atomic E-state index is 12.3. The van der Waals surface area contributed by atoms with E-state index in [1.54, 1.807) is 26.8 Å². The zero-order valence-electron chi connectivity index (χ0n) is 14.5. The molecule has 0 bridgehead atoms. The highest BCUT2D eigenvalue weighted by atomic mass is 79.9. The van der Waals surface area contributed by atoms with Crippen LogP contribution in [-0.2, 0) is 9.53 Å². The Labute approximate surface area is 155 Å². The number of aryl methyl sites for hydroxylation is 1. The van der Waals surface area contributed by atoms with Gasteiger partial charge in [0.1, 0.15) is 0 Å². The molecule has 0 spiro atoms. The first-order valence-corrected chi connectivity index (χ1v) is 8.87. The smallest absolute Gasteiger partial charge is 0.307 e. The number of pyridine rings is 1. The van der Waals surface area contributed by atoms with Gasteiger partial charge in [0.2, 0.25) is 0 Å². The fraction of sp³-hybridized carbons (Fsp3) is 0.316. The van der Waals surface area contributed by atoms with Gasteiger partial charge in [0.25, 0.3) is 5.91 Å². The number of benzene rings is 1. The van der Waals surface area contributed by atoms with E-state index in [0.717, 1.165) is 15.7 Å². The van der Waals surface area contributed by atoms with E-state index in [-0.39, 0.29) is 30.9 Å². The lowest BCUT2D eigenvalue weighted by molar-refractivity contribution is -0.147. The molecule has 1 heterocycles. The number of hydrogen-bond acceptors (Lipinski definition) is 4. The summed E-state index contributed by atoms with van der Waals surface area (Å²) < 4.78 is 6.00. The lowest BCUT2D eigenvalue weighted by atomic mass is 10.1. The number of carbonyl (C=O) groups is 2. The van der Waals surface area contributed by atoms with Crippen molar-refractivity contribution >= 4 is 27.8 Å². The molecule has 6 heteroatoms. The minimum Gasteiger partial charge on any atom is -0.463 e.